The van der Waals surface area contributed by atoms with Gasteiger partial charge in [-0.25, -0.2) is 4.79 Å². The van der Waals surface area contributed by atoms with Crippen LogP contribution in [0.4, 0.5) is 9.18 Å². The lowest BCUT2D eigenvalue weighted by Gasteiger charge is -2.23. The summed E-state index contributed by atoms with van der Waals surface area (Å²) in [4.78, 5) is 13.9. The summed E-state index contributed by atoms with van der Waals surface area (Å²) in [5.41, 5.74) is -0.472. The summed E-state index contributed by atoms with van der Waals surface area (Å²) in [5.74, 6) is 0.372. The van der Waals surface area contributed by atoms with Gasteiger partial charge in [-0.2, -0.15) is 0 Å². The fourth-order valence-corrected chi connectivity index (χ4v) is 2.18. The van der Waals surface area contributed by atoms with Crippen LogP contribution in [0.15, 0.2) is 0 Å². The highest BCUT2D eigenvalue weighted by Crippen LogP contribution is 2.17. The van der Waals surface area contributed by atoms with Gasteiger partial charge in [-0.15, -0.1) is 0 Å². The van der Waals surface area contributed by atoms with Crippen molar-refractivity contribution in [2.75, 3.05) is 26.3 Å². The topological polar surface area (TPSA) is 41.6 Å². The van der Waals surface area contributed by atoms with E-state index < -0.39 is 5.60 Å². The third-order valence-electron chi connectivity index (χ3n) is 3.00. The van der Waals surface area contributed by atoms with Gasteiger partial charge in [0.2, 0.25) is 0 Å². The van der Waals surface area contributed by atoms with Crippen molar-refractivity contribution in [2.24, 2.45) is 5.92 Å². The van der Waals surface area contributed by atoms with E-state index in [9.17, 15) is 9.18 Å². The van der Waals surface area contributed by atoms with Crippen molar-refractivity contribution in [1.29, 1.82) is 0 Å². The van der Waals surface area contributed by atoms with Crippen LogP contribution in [-0.2, 0) is 4.74 Å². The quantitative estimate of drug-likeness (QED) is 0.842. The normalized spacial score (nSPS) is 25.2. The lowest BCUT2D eigenvalue weighted by atomic mass is 10.1. The van der Waals surface area contributed by atoms with Gasteiger partial charge in [0.1, 0.15) is 5.60 Å². The molecule has 0 aromatic rings. The summed E-state index contributed by atoms with van der Waals surface area (Å²) in [6.45, 7) is 9.79. The van der Waals surface area contributed by atoms with E-state index in [1.807, 2.05) is 20.8 Å². The van der Waals surface area contributed by atoms with Gasteiger partial charge >= 0.3 is 6.09 Å². The third-order valence-corrected chi connectivity index (χ3v) is 3.00. The van der Waals surface area contributed by atoms with Crippen molar-refractivity contribution in [3.8, 4) is 0 Å². The van der Waals surface area contributed by atoms with E-state index in [4.69, 9.17) is 4.74 Å². The number of rotatable bonds is 4. The molecule has 1 aliphatic heterocycles. The van der Waals surface area contributed by atoms with E-state index in [-0.39, 0.29) is 18.8 Å². The molecule has 0 aliphatic carbocycles. The molecule has 106 valence electrons. The van der Waals surface area contributed by atoms with Crippen LogP contribution in [0.5, 0.6) is 0 Å². The number of alkyl carbamates (subject to hydrolysis) is 1. The molecule has 5 heteroatoms. The molecule has 0 unspecified atom stereocenters. The van der Waals surface area contributed by atoms with Gasteiger partial charge in [0.25, 0.3) is 0 Å². The molecule has 1 aliphatic rings. The van der Waals surface area contributed by atoms with Gasteiger partial charge in [-0.1, -0.05) is 6.92 Å². The maximum Gasteiger partial charge on any atom is 0.407 e. The van der Waals surface area contributed by atoms with E-state index in [1.54, 1.807) is 0 Å². The molecule has 18 heavy (non-hydrogen) atoms. The molecule has 0 aromatic carbocycles. The number of ether oxygens (including phenoxy) is 1. The average Bonchev–Trinajstić information content (AvgIpc) is 2.53. The first-order chi connectivity index (χ1) is 8.31. The van der Waals surface area contributed by atoms with Gasteiger partial charge < -0.3 is 15.0 Å². The van der Waals surface area contributed by atoms with E-state index in [0.717, 1.165) is 19.6 Å². The lowest BCUT2D eigenvalue weighted by molar-refractivity contribution is 0.0497. The second-order valence-electron chi connectivity index (χ2n) is 6.03. The molecule has 4 nitrogen and oxygen atoms in total. The van der Waals surface area contributed by atoms with E-state index in [2.05, 4.69) is 17.1 Å². The number of carbonyl (C=O) groups is 1. The van der Waals surface area contributed by atoms with E-state index in [1.165, 1.54) is 0 Å². The monoisotopic (exact) mass is 260 g/mol. The molecule has 0 spiro atoms. The number of amides is 1. The highest BCUT2D eigenvalue weighted by atomic mass is 19.1. The first kappa shape index (κ1) is 15.2. The Morgan fingerprint density at radius 1 is 1.44 bits per heavy atom. The molecular formula is C13H25FN2O2. The maximum atomic E-state index is 12.1. The average molecular weight is 260 g/mol. The van der Waals surface area contributed by atoms with Crippen molar-refractivity contribution < 1.29 is 13.9 Å². The molecule has 0 radical (unpaired) electrons. The molecule has 0 bridgehead atoms. The highest BCUT2D eigenvalue weighted by molar-refractivity contribution is 5.68. The SMILES string of the molecule is C[C@@H]1CN(CCCF)C[C@H]1NC(=O)OC(C)(C)C. The number of nitrogens with zero attached hydrogens (tertiary/aromatic N) is 1. The second kappa shape index (κ2) is 6.36. The molecule has 1 N–H and O–H groups in total. The number of nitrogens with one attached hydrogen (secondary N) is 1. The summed E-state index contributed by atoms with van der Waals surface area (Å²) >= 11 is 0. The molecule has 2 atom stereocenters. The van der Waals surface area contributed by atoms with Crippen molar-refractivity contribution in [1.82, 2.24) is 10.2 Å². The minimum absolute atomic E-state index is 0.0967. The standard InChI is InChI=1S/C13H25FN2O2/c1-10-8-16(7-5-6-14)9-11(10)15-12(17)18-13(2,3)4/h10-11H,5-9H2,1-4H3,(H,15,17)/t10-,11-/m1/s1. The van der Waals surface area contributed by atoms with Crippen molar-refractivity contribution in [3.63, 3.8) is 0 Å². The Morgan fingerprint density at radius 2 is 2.11 bits per heavy atom. The van der Waals surface area contributed by atoms with Crippen molar-refractivity contribution in [2.45, 2.75) is 45.8 Å². The number of alkyl halides is 1. The third kappa shape index (κ3) is 5.21. The fourth-order valence-electron chi connectivity index (χ4n) is 2.18. The first-order valence-corrected chi connectivity index (χ1v) is 6.59. The van der Waals surface area contributed by atoms with Crippen LogP contribution in [0.25, 0.3) is 0 Å². The van der Waals surface area contributed by atoms with Crippen LogP contribution < -0.4 is 5.32 Å². The van der Waals surface area contributed by atoms with Crippen LogP contribution in [0.2, 0.25) is 0 Å². The highest BCUT2D eigenvalue weighted by Gasteiger charge is 2.31. The van der Waals surface area contributed by atoms with E-state index in [0.29, 0.717) is 12.3 Å². The number of likely N-dealkylation sites (tertiary alicyclic amines) is 1. The summed E-state index contributed by atoms with van der Waals surface area (Å²) < 4.78 is 17.4. The van der Waals surface area contributed by atoms with E-state index >= 15 is 0 Å². The Labute approximate surface area is 109 Å². The molecular weight excluding hydrogens is 235 g/mol. The molecule has 1 heterocycles. The minimum atomic E-state index is -0.472. The number of hydrogen-bond acceptors (Lipinski definition) is 3. The predicted molar refractivity (Wildman–Crippen MR) is 69.4 cm³/mol. The Kier molecular flexibility index (Phi) is 5.38. The van der Waals surface area contributed by atoms with Crippen molar-refractivity contribution >= 4 is 6.09 Å². The molecule has 0 saturated carbocycles. The molecule has 1 rings (SSSR count). The summed E-state index contributed by atoms with van der Waals surface area (Å²) in [5, 5.41) is 2.90. The summed E-state index contributed by atoms with van der Waals surface area (Å²) in [7, 11) is 0. The first-order valence-electron chi connectivity index (χ1n) is 6.59. The zero-order chi connectivity index (χ0) is 13.8. The zero-order valence-corrected chi connectivity index (χ0v) is 11.8. The van der Waals surface area contributed by atoms with Gasteiger partial charge in [-0.3, -0.25) is 4.39 Å². The number of hydrogen-bond donors (Lipinski definition) is 1. The Balaban J connectivity index is 2.36. The van der Waals surface area contributed by atoms with Crippen LogP contribution in [0, 0.1) is 5.92 Å². The van der Waals surface area contributed by atoms with Gasteiger partial charge in [0.15, 0.2) is 0 Å². The Hall–Kier alpha value is -0.840. The van der Waals surface area contributed by atoms with Gasteiger partial charge in [0.05, 0.1) is 6.67 Å². The summed E-state index contributed by atoms with van der Waals surface area (Å²) in [6.07, 6.45) is 0.193. The van der Waals surface area contributed by atoms with Crippen LogP contribution in [0.3, 0.4) is 0 Å². The van der Waals surface area contributed by atoms with Gasteiger partial charge in [0, 0.05) is 25.7 Å². The minimum Gasteiger partial charge on any atom is -0.444 e. The zero-order valence-electron chi connectivity index (χ0n) is 11.8. The van der Waals surface area contributed by atoms with Crippen LogP contribution in [0.1, 0.15) is 34.1 Å². The van der Waals surface area contributed by atoms with Crippen molar-refractivity contribution in [3.05, 3.63) is 0 Å². The van der Waals surface area contributed by atoms with Gasteiger partial charge in [-0.05, 0) is 33.1 Å². The maximum absolute atomic E-state index is 12.1. The van der Waals surface area contributed by atoms with Crippen LogP contribution >= 0.6 is 0 Å². The van der Waals surface area contributed by atoms with Crippen LogP contribution in [-0.4, -0.2) is 48.9 Å². The number of carbonyl (C=O) groups excluding carboxylic acids is 1. The Morgan fingerprint density at radius 3 is 2.67 bits per heavy atom. The molecule has 0 aromatic heterocycles. The number of halogens is 1. The molecule has 1 fully saturated rings. The largest absolute Gasteiger partial charge is 0.444 e. The summed E-state index contributed by atoms with van der Waals surface area (Å²) in [6, 6.07) is 0.0967. The smallest absolute Gasteiger partial charge is 0.407 e. The lowest BCUT2D eigenvalue weighted by Crippen LogP contribution is -2.42. The predicted octanol–water partition coefficient (Wildman–Crippen LogP) is 2.19. The Bertz CT molecular complexity index is 279. The molecule has 1 saturated heterocycles. The molecule has 1 amide bonds. The second-order valence-corrected chi connectivity index (χ2v) is 6.03. The fraction of sp³-hybridized carbons (Fsp3) is 0.923.